The van der Waals surface area contributed by atoms with Crippen molar-refractivity contribution in [2.45, 2.75) is 51.0 Å². The molecule has 0 aliphatic carbocycles. The van der Waals surface area contributed by atoms with Crippen LogP contribution in [0.5, 0.6) is 0 Å². The molecule has 1 fully saturated rings. The van der Waals surface area contributed by atoms with E-state index in [1.54, 1.807) is 12.4 Å². The van der Waals surface area contributed by atoms with E-state index >= 15 is 0 Å². The Morgan fingerprint density at radius 1 is 0.964 bits per heavy atom. The summed E-state index contributed by atoms with van der Waals surface area (Å²) < 4.78 is 2.34. The van der Waals surface area contributed by atoms with Crippen LogP contribution in [-0.4, -0.2) is 48.6 Å². The fourth-order valence-corrected chi connectivity index (χ4v) is 4.49. The molecule has 2 aromatic heterocycles. The molecule has 7 heteroatoms. The van der Waals surface area contributed by atoms with Crippen molar-refractivity contribution in [2.24, 2.45) is 0 Å². The lowest BCUT2D eigenvalue weighted by Crippen LogP contribution is -2.38. The molecule has 0 saturated carbocycles. The predicted octanol–water partition coefficient (Wildman–Crippen LogP) is 2.97. The Balaban J connectivity index is 1.32. The van der Waals surface area contributed by atoms with Gasteiger partial charge in [-0.15, -0.1) is 10.2 Å². The maximum Gasteiger partial charge on any atom is 0.256 e. The van der Waals surface area contributed by atoms with Gasteiger partial charge in [0, 0.05) is 44.4 Å². The molecule has 144 valence electrons. The van der Waals surface area contributed by atoms with Crippen molar-refractivity contribution in [3.05, 3.63) is 47.8 Å². The highest BCUT2D eigenvalue weighted by molar-refractivity contribution is 6.04. The number of hydrogen-bond acceptors (Lipinski definition) is 5. The summed E-state index contributed by atoms with van der Waals surface area (Å²) in [6, 6.07) is 5.62. The molecule has 0 atom stereocenters. The summed E-state index contributed by atoms with van der Waals surface area (Å²) in [5, 5.41) is 8.97. The number of carbonyl (C=O) groups is 1. The van der Waals surface area contributed by atoms with Crippen molar-refractivity contribution < 1.29 is 4.79 Å². The van der Waals surface area contributed by atoms with Crippen LogP contribution >= 0.6 is 0 Å². The molecule has 3 aromatic rings. The molecule has 0 unspecified atom stereocenters. The number of aromatic nitrogens is 5. The highest BCUT2D eigenvalue weighted by Crippen LogP contribution is 2.30. The molecular weight excluding hydrogens is 352 g/mol. The van der Waals surface area contributed by atoms with Crippen LogP contribution in [0.1, 0.15) is 60.0 Å². The number of carbonyl (C=O) groups excluding carboxylic acids is 1. The highest BCUT2D eigenvalue weighted by atomic mass is 16.2. The number of nitrogens with zero attached hydrogens (tertiary/aromatic N) is 6. The SMILES string of the molecule is O=C(c1cccc2nccnc12)N1CCC(c2nnc3n2CCCCC3)CC1. The largest absolute Gasteiger partial charge is 0.339 e. The topological polar surface area (TPSA) is 76.8 Å². The zero-order chi connectivity index (χ0) is 18.9. The Hall–Kier alpha value is -2.83. The summed E-state index contributed by atoms with van der Waals surface area (Å²) >= 11 is 0. The predicted molar refractivity (Wildman–Crippen MR) is 105 cm³/mol. The zero-order valence-corrected chi connectivity index (χ0v) is 15.9. The normalized spacial score (nSPS) is 18.1. The molecule has 7 nitrogen and oxygen atoms in total. The first-order valence-electron chi connectivity index (χ1n) is 10.2. The van der Waals surface area contributed by atoms with E-state index in [0.717, 1.165) is 56.1 Å². The smallest absolute Gasteiger partial charge is 0.256 e. The number of likely N-dealkylation sites (tertiary alicyclic amines) is 1. The molecule has 0 bridgehead atoms. The average Bonchev–Trinajstić information content (AvgIpc) is 3.01. The zero-order valence-electron chi connectivity index (χ0n) is 15.9. The number of piperidine rings is 1. The second-order valence-electron chi connectivity index (χ2n) is 7.73. The van der Waals surface area contributed by atoms with Gasteiger partial charge < -0.3 is 9.47 Å². The monoisotopic (exact) mass is 376 g/mol. The van der Waals surface area contributed by atoms with Gasteiger partial charge in [-0.3, -0.25) is 14.8 Å². The van der Waals surface area contributed by atoms with Gasteiger partial charge in [-0.05, 0) is 37.8 Å². The first-order chi connectivity index (χ1) is 13.8. The summed E-state index contributed by atoms with van der Waals surface area (Å²) in [5.41, 5.74) is 2.08. The summed E-state index contributed by atoms with van der Waals surface area (Å²) in [6.07, 6.45) is 9.87. The first kappa shape index (κ1) is 17.3. The molecule has 0 spiro atoms. The van der Waals surface area contributed by atoms with E-state index in [2.05, 4.69) is 24.7 Å². The van der Waals surface area contributed by atoms with Gasteiger partial charge in [0.25, 0.3) is 5.91 Å². The van der Waals surface area contributed by atoms with Crippen molar-refractivity contribution in [3.63, 3.8) is 0 Å². The van der Waals surface area contributed by atoms with Gasteiger partial charge in [0.1, 0.15) is 17.2 Å². The van der Waals surface area contributed by atoms with Crippen LogP contribution in [0.25, 0.3) is 11.0 Å². The highest BCUT2D eigenvalue weighted by Gasteiger charge is 2.29. The van der Waals surface area contributed by atoms with Gasteiger partial charge in [-0.1, -0.05) is 12.5 Å². The lowest BCUT2D eigenvalue weighted by atomic mass is 9.95. The third kappa shape index (κ3) is 3.04. The fraction of sp³-hybridized carbons (Fsp3) is 0.476. The molecule has 4 heterocycles. The summed E-state index contributed by atoms with van der Waals surface area (Å²) in [4.78, 5) is 23.7. The number of para-hydroxylation sites is 1. The molecule has 2 aliphatic rings. The van der Waals surface area contributed by atoms with E-state index in [1.807, 2.05) is 23.1 Å². The number of rotatable bonds is 2. The molecule has 28 heavy (non-hydrogen) atoms. The van der Waals surface area contributed by atoms with Gasteiger partial charge >= 0.3 is 0 Å². The average molecular weight is 376 g/mol. The molecule has 1 aromatic carbocycles. The minimum atomic E-state index is 0.0459. The minimum Gasteiger partial charge on any atom is -0.339 e. The summed E-state index contributed by atoms with van der Waals surface area (Å²) in [5.74, 6) is 2.70. The molecule has 1 saturated heterocycles. The van der Waals surface area contributed by atoms with Crippen LogP contribution in [0.3, 0.4) is 0 Å². The van der Waals surface area contributed by atoms with Crippen LogP contribution in [0.4, 0.5) is 0 Å². The van der Waals surface area contributed by atoms with E-state index in [-0.39, 0.29) is 5.91 Å². The van der Waals surface area contributed by atoms with E-state index in [0.29, 0.717) is 17.0 Å². The Kier molecular flexibility index (Phi) is 4.50. The maximum atomic E-state index is 13.1. The third-order valence-electron chi connectivity index (χ3n) is 6.01. The van der Waals surface area contributed by atoms with Crippen LogP contribution < -0.4 is 0 Å². The van der Waals surface area contributed by atoms with Crippen molar-refractivity contribution in [3.8, 4) is 0 Å². The number of hydrogen-bond donors (Lipinski definition) is 0. The van der Waals surface area contributed by atoms with Gasteiger partial charge in [-0.2, -0.15) is 0 Å². The lowest BCUT2D eigenvalue weighted by Gasteiger charge is -2.32. The second-order valence-corrected chi connectivity index (χ2v) is 7.73. The van der Waals surface area contributed by atoms with Crippen LogP contribution in [0, 0.1) is 0 Å². The Bertz CT molecular complexity index is 1000. The Morgan fingerprint density at radius 3 is 2.71 bits per heavy atom. The quantitative estimate of drug-likeness (QED) is 0.687. The Labute approximate surface area is 163 Å². The lowest BCUT2D eigenvalue weighted by molar-refractivity contribution is 0.0712. The van der Waals surface area contributed by atoms with E-state index in [1.165, 1.54) is 19.3 Å². The van der Waals surface area contributed by atoms with Crippen molar-refractivity contribution >= 4 is 16.9 Å². The third-order valence-corrected chi connectivity index (χ3v) is 6.01. The van der Waals surface area contributed by atoms with Crippen LogP contribution in [0.15, 0.2) is 30.6 Å². The summed E-state index contributed by atoms with van der Waals surface area (Å²) in [7, 11) is 0. The molecule has 2 aliphatic heterocycles. The van der Waals surface area contributed by atoms with Crippen molar-refractivity contribution in [2.75, 3.05) is 13.1 Å². The number of benzene rings is 1. The maximum absolute atomic E-state index is 13.1. The van der Waals surface area contributed by atoms with Crippen molar-refractivity contribution in [1.82, 2.24) is 29.6 Å². The molecule has 1 amide bonds. The van der Waals surface area contributed by atoms with Crippen LogP contribution in [0.2, 0.25) is 0 Å². The molecule has 0 N–H and O–H groups in total. The van der Waals surface area contributed by atoms with Gasteiger partial charge in [-0.25, -0.2) is 0 Å². The molecule has 0 radical (unpaired) electrons. The molecule has 5 rings (SSSR count). The van der Waals surface area contributed by atoms with Gasteiger partial charge in [0.05, 0.1) is 11.1 Å². The summed E-state index contributed by atoms with van der Waals surface area (Å²) in [6.45, 7) is 2.51. The number of aryl methyl sites for hydroxylation is 1. The first-order valence-corrected chi connectivity index (χ1v) is 10.2. The molecular formula is C21H24N6O. The van der Waals surface area contributed by atoms with Gasteiger partial charge in [0.15, 0.2) is 0 Å². The number of fused-ring (bicyclic) bond motifs is 2. The standard InChI is InChI=1S/C21H24N6O/c28-21(16-5-4-6-17-19(16)23-11-10-22-17)26-13-8-15(9-14-26)20-25-24-18-7-2-1-3-12-27(18)20/h4-6,10-11,15H,1-3,7-9,12-14H2. The van der Waals surface area contributed by atoms with Gasteiger partial charge in [0.2, 0.25) is 0 Å². The van der Waals surface area contributed by atoms with E-state index in [4.69, 9.17) is 0 Å². The number of amides is 1. The van der Waals surface area contributed by atoms with Crippen molar-refractivity contribution in [1.29, 1.82) is 0 Å². The van der Waals surface area contributed by atoms with E-state index in [9.17, 15) is 4.79 Å². The second kappa shape index (κ2) is 7.30. The van der Waals surface area contributed by atoms with E-state index < -0.39 is 0 Å². The van der Waals surface area contributed by atoms with Crippen LogP contribution in [-0.2, 0) is 13.0 Å². The fourth-order valence-electron chi connectivity index (χ4n) is 4.49. The Morgan fingerprint density at radius 2 is 1.82 bits per heavy atom. The minimum absolute atomic E-state index is 0.0459.